The van der Waals surface area contributed by atoms with Crippen LogP contribution in [0.1, 0.15) is 75.4 Å². The summed E-state index contributed by atoms with van der Waals surface area (Å²) in [5.74, 6) is 0.0427. The van der Waals surface area contributed by atoms with Crippen LogP contribution in [0.15, 0.2) is 30.3 Å². The van der Waals surface area contributed by atoms with Crippen LogP contribution < -0.4 is 5.32 Å². The Morgan fingerprint density at radius 2 is 1.78 bits per heavy atom. The number of rotatable bonds is 8. The molecule has 0 fully saturated rings. The number of aryl methyl sites for hydroxylation is 1. The highest BCUT2D eigenvalue weighted by Gasteiger charge is 2.26. The minimum atomic E-state index is -0.632. The molecule has 146 valence electrons. The lowest BCUT2D eigenvalue weighted by Crippen LogP contribution is -2.34. The summed E-state index contributed by atoms with van der Waals surface area (Å²) < 4.78 is 1.40. The monoisotopic (exact) mass is 372 g/mol. The Morgan fingerprint density at radius 3 is 2.26 bits per heavy atom. The molecule has 3 unspecified atom stereocenters. The normalized spacial score (nSPS) is 14.4. The average molecular weight is 372 g/mol. The third-order valence-electron chi connectivity index (χ3n) is 5.09. The first-order valence-electron chi connectivity index (χ1n) is 9.39. The van der Waals surface area contributed by atoms with Gasteiger partial charge in [0.15, 0.2) is 0 Å². The summed E-state index contributed by atoms with van der Waals surface area (Å²) in [4.78, 5) is 23.0. The van der Waals surface area contributed by atoms with Crippen LogP contribution in [0.25, 0.3) is 0 Å². The maximum Gasteiger partial charge on any atom is 0.390 e. The van der Waals surface area contributed by atoms with E-state index in [4.69, 9.17) is 0 Å². The van der Waals surface area contributed by atoms with Crippen molar-refractivity contribution in [2.24, 2.45) is 0 Å². The average Bonchev–Trinajstić information content (AvgIpc) is 3.06. The van der Waals surface area contributed by atoms with Gasteiger partial charge in [-0.15, -0.1) is 0 Å². The van der Waals surface area contributed by atoms with E-state index in [-0.39, 0.29) is 17.8 Å². The maximum absolute atomic E-state index is 12.7. The summed E-state index contributed by atoms with van der Waals surface area (Å²) in [7, 11) is 0. The van der Waals surface area contributed by atoms with E-state index in [1.165, 1.54) is 16.3 Å². The summed E-state index contributed by atoms with van der Waals surface area (Å²) in [6, 6.07) is 8.97. The topological polar surface area (TPSA) is 90.1 Å². The summed E-state index contributed by atoms with van der Waals surface area (Å²) >= 11 is 0. The minimum Gasteiger partial charge on any atom is -0.358 e. The van der Waals surface area contributed by atoms with Crippen molar-refractivity contribution < 1.29 is 9.72 Å². The Labute approximate surface area is 159 Å². The number of nitrogens with one attached hydrogen (secondary N) is 1. The molecule has 0 bridgehead atoms. The molecule has 0 radical (unpaired) electrons. The molecule has 0 aliphatic heterocycles. The second kappa shape index (κ2) is 8.79. The van der Waals surface area contributed by atoms with Gasteiger partial charge in [-0.2, -0.15) is 4.68 Å². The van der Waals surface area contributed by atoms with Crippen LogP contribution in [0.5, 0.6) is 0 Å². The van der Waals surface area contributed by atoms with Gasteiger partial charge in [0.05, 0.1) is 22.9 Å². The lowest BCUT2D eigenvalue weighted by atomic mass is 9.95. The minimum absolute atomic E-state index is 0.114. The van der Waals surface area contributed by atoms with Gasteiger partial charge in [-0.3, -0.25) is 4.79 Å². The Bertz CT molecular complexity index is 798. The molecule has 1 amide bonds. The summed E-state index contributed by atoms with van der Waals surface area (Å²) in [5, 5.41) is 17.9. The largest absolute Gasteiger partial charge is 0.390 e. The molecule has 3 atom stereocenters. The fourth-order valence-corrected chi connectivity index (χ4v) is 3.07. The molecule has 0 spiro atoms. The molecule has 7 heteroatoms. The number of aromatic nitrogens is 2. The molecule has 27 heavy (non-hydrogen) atoms. The van der Waals surface area contributed by atoms with Gasteiger partial charge in [0.2, 0.25) is 5.91 Å². The van der Waals surface area contributed by atoms with Gasteiger partial charge in [-0.1, -0.05) is 45.0 Å². The maximum atomic E-state index is 12.7. The van der Waals surface area contributed by atoms with E-state index in [1.807, 2.05) is 6.92 Å². The van der Waals surface area contributed by atoms with E-state index in [2.05, 4.69) is 48.5 Å². The zero-order valence-electron chi connectivity index (χ0n) is 16.6. The van der Waals surface area contributed by atoms with Crippen LogP contribution in [0.4, 0.5) is 5.82 Å². The molecule has 0 aliphatic rings. The van der Waals surface area contributed by atoms with Crippen LogP contribution in [0.2, 0.25) is 0 Å². The van der Waals surface area contributed by atoms with Crippen molar-refractivity contribution in [3.63, 3.8) is 0 Å². The number of amides is 1. The molecule has 2 aromatic rings. The van der Waals surface area contributed by atoms with Crippen molar-refractivity contribution in [2.75, 3.05) is 0 Å². The molecule has 0 saturated heterocycles. The van der Waals surface area contributed by atoms with Crippen LogP contribution >= 0.6 is 0 Å². The number of hydrogen-bond acceptors (Lipinski definition) is 4. The van der Waals surface area contributed by atoms with E-state index in [1.54, 1.807) is 13.8 Å². The van der Waals surface area contributed by atoms with Gasteiger partial charge in [-0.25, -0.2) is 0 Å². The summed E-state index contributed by atoms with van der Waals surface area (Å²) in [5.41, 5.74) is 2.92. The van der Waals surface area contributed by atoms with Crippen molar-refractivity contribution in [3.05, 3.63) is 57.3 Å². The highest BCUT2D eigenvalue weighted by molar-refractivity contribution is 5.80. The highest BCUT2D eigenvalue weighted by Crippen LogP contribution is 2.24. The van der Waals surface area contributed by atoms with Crippen molar-refractivity contribution in [2.45, 2.75) is 65.5 Å². The Morgan fingerprint density at radius 1 is 1.19 bits per heavy atom. The van der Waals surface area contributed by atoms with Crippen molar-refractivity contribution >= 4 is 11.7 Å². The van der Waals surface area contributed by atoms with Crippen LogP contribution in [0.3, 0.4) is 0 Å². The van der Waals surface area contributed by atoms with Crippen LogP contribution in [-0.4, -0.2) is 20.6 Å². The second-order valence-electron chi connectivity index (χ2n) is 6.97. The molecular formula is C20H28N4O3. The van der Waals surface area contributed by atoms with Crippen LogP contribution in [-0.2, 0) is 4.79 Å². The zero-order chi connectivity index (χ0) is 20.1. The molecule has 0 aliphatic carbocycles. The van der Waals surface area contributed by atoms with E-state index < -0.39 is 11.0 Å². The first-order chi connectivity index (χ1) is 12.8. The van der Waals surface area contributed by atoms with Gasteiger partial charge < -0.3 is 15.4 Å². The van der Waals surface area contributed by atoms with Gasteiger partial charge in [-0.05, 0) is 48.7 Å². The summed E-state index contributed by atoms with van der Waals surface area (Å²) in [6.45, 7) is 9.77. The summed E-state index contributed by atoms with van der Waals surface area (Å²) in [6.07, 6.45) is 1.83. The predicted molar refractivity (Wildman–Crippen MR) is 105 cm³/mol. The molecule has 0 saturated carbocycles. The molecular weight excluding hydrogens is 344 g/mol. The third-order valence-corrected chi connectivity index (χ3v) is 5.09. The van der Waals surface area contributed by atoms with E-state index in [0.29, 0.717) is 11.6 Å². The standard InChI is InChI=1S/C20H28N4O3/c1-6-13(3)16-8-10-17(11-9-16)18(7-2)21-20(25)15(5)23-14(4)12-19(22-23)24(26)27/h8-13,15,18H,6-7H2,1-5H3,(H,21,25). The number of nitro groups is 1. The van der Waals surface area contributed by atoms with Gasteiger partial charge >= 0.3 is 5.82 Å². The zero-order valence-corrected chi connectivity index (χ0v) is 16.6. The molecule has 2 rings (SSSR count). The Balaban J connectivity index is 2.13. The van der Waals surface area contributed by atoms with E-state index in [0.717, 1.165) is 18.4 Å². The van der Waals surface area contributed by atoms with Crippen LogP contribution in [0, 0.1) is 17.0 Å². The first-order valence-corrected chi connectivity index (χ1v) is 9.39. The lowest BCUT2D eigenvalue weighted by Gasteiger charge is -2.21. The van der Waals surface area contributed by atoms with Gasteiger partial charge in [0, 0.05) is 0 Å². The predicted octanol–water partition coefficient (Wildman–Crippen LogP) is 4.44. The number of benzene rings is 1. The Kier molecular flexibility index (Phi) is 6.71. The second-order valence-corrected chi connectivity index (χ2v) is 6.97. The number of hydrogen-bond donors (Lipinski definition) is 1. The molecule has 1 aromatic heterocycles. The quantitative estimate of drug-likeness (QED) is 0.548. The van der Waals surface area contributed by atoms with E-state index in [9.17, 15) is 14.9 Å². The molecule has 1 N–H and O–H groups in total. The van der Waals surface area contributed by atoms with Gasteiger partial charge in [0.1, 0.15) is 6.04 Å². The first kappa shape index (κ1) is 20.6. The van der Waals surface area contributed by atoms with E-state index >= 15 is 0 Å². The fourth-order valence-electron chi connectivity index (χ4n) is 3.07. The fraction of sp³-hybridized carbons (Fsp3) is 0.500. The SMILES string of the molecule is CCC(C)c1ccc(C(CC)NC(=O)C(C)n2nc([N+](=O)[O-])cc2C)cc1. The lowest BCUT2D eigenvalue weighted by molar-refractivity contribution is -0.389. The molecule has 1 heterocycles. The smallest absolute Gasteiger partial charge is 0.358 e. The van der Waals surface area contributed by atoms with Crippen molar-refractivity contribution in [1.29, 1.82) is 0 Å². The number of carbonyl (C=O) groups excluding carboxylic acids is 1. The highest BCUT2D eigenvalue weighted by atomic mass is 16.6. The molecule has 7 nitrogen and oxygen atoms in total. The molecule has 1 aromatic carbocycles. The van der Waals surface area contributed by atoms with Crippen molar-refractivity contribution in [1.82, 2.24) is 15.1 Å². The van der Waals surface area contributed by atoms with Crippen molar-refractivity contribution in [3.8, 4) is 0 Å². The number of carbonyl (C=O) groups is 1. The third kappa shape index (κ3) is 4.72. The Hall–Kier alpha value is -2.70. The number of nitrogens with zero attached hydrogens (tertiary/aromatic N) is 3. The van der Waals surface area contributed by atoms with Gasteiger partial charge in [0.25, 0.3) is 0 Å².